The molecule has 0 heterocycles. The summed E-state index contributed by atoms with van der Waals surface area (Å²) < 4.78 is 5.14. The summed E-state index contributed by atoms with van der Waals surface area (Å²) in [6.07, 6.45) is 0.320. The fourth-order valence-corrected chi connectivity index (χ4v) is 1.67. The molecule has 3 N–H and O–H groups in total. The van der Waals surface area contributed by atoms with Gasteiger partial charge in [0.2, 0.25) is 0 Å². The Kier molecular flexibility index (Phi) is 4.59. The van der Waals surface area contributed by atoms with Crippen LogP contribution in [0.5, 0.6) is 5.75 Å². The molecule has 2 unspecified atom stereocenters. The lowest BCUT2D eigenvalue weighted by molar-refractivity contribution is 0.141. The van der Waals surface area contributed by atoms with Gasteiger partial charge in [-0.3, -0.25) is 0 Å². The standard InChI is InChI=1S/C12H19NO2/c1-3-12(14)11(8-13)9-5-4-6-10(7-9)15-2/h4-7,11-12,14H,3,8,13H2,1-2H3. The fourth-order valence-electron chi connectivity index (χ4n) is 1.67. The van der Waals surface area contributed by atoms with Crippen molar-refractivity contribution in [1.82, 2.24) is 0 Å². The minimum atomic E-state index is -0.387. The molecule has 0 aliphatic rings. The molecule has 0 fully saturated rings. The zero-order chi connectivity index (χ0) is 11.3. The van der Waals surface area contributed by atoms with E-state index in [0.717, 1.165) is 11.3 Å². The summed E-state index contributed by atoms with van der Waals surface area (Å²) in [5.74, 6) is 0.791. The first kappa shape index (κ1) is 12.0. The molecule has 0 aromatic heterocycles. The van der Waals surface area contributed by atoms with Crippen LogP contribution >= 0.6 is 0 Å². The predicted octanol–water partition coefficient (Wildman–Crippen LogP) is 1.51. The van der Waals surface area contributed by atoms with Gasteiger partial charge >= 0.3 is 0 Å². The van der Waals surface area contributed by atoms with Gasteiger partial charge in [-0.25, -0.2) is 0 Å². The van der Waals surface area contributed by atoms with E-state index in [2.05, 4.69) is 0 Å². The van der Waals surface area contributed by atoms with Gasteiger partial charge in [0.1, 0.15) is 5.75 Å². The third-order valence-corrected chi connectivity index (χ3v) is 2.66. The molecule has 1 aromatic rings. The van der Waals surface area contributed by atoms with Gasteiger partial charge in [-0.1, -0.05) is 19.1 Å². The van der Waals surface area contributed by atoms with Crippen LogP contribution in [-0.4, -0.2) is 24.9 Å². The third-order valence-electron chi connectivity index (χ3n) is 2.66. The second-order valence-electron chi connectivity index (χ2n) is 3.59. The summed E-state index contributed by atoms with van der Waals surface area (Å²) in [6.45, 7) is 2.40. The molecule has 0 spiro atoms. The zero-order valence-electron chi connectivity index (χ0n) is 9.31. The van der Waals surface area contributed by atoms with Gasteiger partial charge in [-0.05, 0) is 24.1 Å². The highest BCUT2D eigenvalue weighted by Gasteiger charge is 2.18. The Bertz CT molecular complexity index is 301. The Morgan fingerprint density at radius 1 is 1.47 bits per heavy atom. The van der Waals surface area contributed by atoms with Crippen LogP contribution in [0.25, 0.3) is 0 Å². The number of rotatable bonds is 5. The minimum absolute atomic E-state index is 0.00917. The second kappa shape index (κ2) is 5.73. The molecule has 1 rings (SSSR count). The number of aliphatic hydroxyl groups excluding tert-OH is 1. The normalized spacial score (nSPS) is 14.7. The lowest BCUT2D eigenvalue weighted by Crippen LogP contribution is -2.25. The topological polar surface area (TPSA) is 55.5 Å². The molecule has 3 heteroatoms. The van der Waals surface area contributed by atoms with Crippen molar-refractivity contribution in [2.24, 2.45) is 5.73 Å². The van der Waals surface area contributed by atoms with Crippen molar-refractivity contribution in [2.75, 3.05) is 13.7 Å². The van der Waals surface area contributed by atoms with Crippen LogP contribution in [0.3, 0.4) is 0 Å². The number of hydrogen-bond donors (Lipinski definition) is 2. The Hall–Kier alpha value is -1.06. The van der Waals surface area contributed by atoms with Gasteiger partial charge in [-0.2, -0.15) is 0 Å². The molecule has 0 radical (unpaired) electrons. The van der Waals surface area contributed by atoms with Crippen LogP contribution < -0.4 is 10.5 Å². The Labute approximate surface area is 90.9 Å². The molecule has 0 saturated carbocycles. The first-order valence-electron chi connectivity index (χ1n) is 5.25. The first-order valence-corrected chi connectivity index (χ1v) is 5.25. The number of methoxy groups -OCH3 is 1. The molecule has 15 heavy (non-hydrogen) atoms. The number of hydrogen-bond acceptors (Lipinski definition) is 3. The molecule has 0 aliphatic heterocycles. The second-order valence-corrected chi connectivity index (χ2v) is 3.59. The lowest BCUT2D eigenvalue weighted by atomic mass is 9.92. The summed E-state index contributed by atoms with van der Waals surface area (Å²) in [6, 6.07) is 7.70. The van der Waals surface area contributed by atoms with Gasteiger partial charge in [0.25, 0.3) is 0 Å². The monoisotopic (exact) mass is 209 g/mol. The van der Waals surface area contributed by atoms with Crippen LogP contribution in [-0.2, 0) is 0 Å². The van der Waals surface area contributed by atoms with Crippen molar-refractivity contribution in [3.05, 3.63) is 29.8 Å². The summed E-state index contributed by atoms with van der Waals surface area (Å²) >= 11 is 0. The van der Waals surface area contributed by atoms with E-state index in [9.17, 15) is 5.11 Å². The Balaban J connectivity index is 2.91. The predicted molar refractivity (Wildman–Crippen MR) is 61.1 cm³/mol. The van der Waals surface area contributed by atoms with Crippen molar-refractivity contribution in [3.63, 3.8) is 0 Å². The van der Waals surface area contributed by atoms with E-state index in [1.165, 1.54) is 0 Å². The smallest absolute Gasteiger partial charge is 0.119 e. The van der Waals surface area contributed by atoms with Crippen molar-refractivity contribution < 1.29 is 9.84 Å². The summed E-state index contributed by atoms with van der Waals surface area (Å²) in [4.78, 5) is 0. The molecule has 2 atom stereocenters. The van der Waals surface area contributed by atoms with Crippen LogP contribution in [0.1, 0.15) is 24.8 Å². The number of aliphatic hydroxyl groups is 1. The van der Waals surface area contributed by atoms with Gasteiger partial charge in [0, 0.05) is 12.5 Å². The van der Waals surface area contributed by atoms with Crippen LogP contribution in [0.4, 0.5) is 0 Å². The van der Waals surface area contributed by atoms with Crippen molar-refractivity contribution in [3.8, 4) is 5.75 Å². The van der Waals surface area contributed by atoms with Crippen molar-refractivity contribution in [2.45, 2.75) is 25.4 Å². The zero-order valence-corrected chi connectivity index (χ0v) is 9.31. The van der Waals surface area contributed by atoms with Gasteiger partial charge in [-0.15, -0.1) is 0 Å². The van der Waals surface area contributed by atoms with E-state index in [4.69, 9.17) is 10.5 Å². The molecular weight excluding hydrogens is 190 g/mol. The Morgan fingerprint density at radius 3 is 2.73 bits per heavy atom. The van der Waals surface area contributed by atoms with E-state index >= 15 is 0 Å². The average molecular weight is 209 g/mol. The molecule has 1 aromatic carbocycles. The highest BCUT2D eigenvalue weighted by molar-refractivity contribution is 5.31. The van der Waals surface area contributed by atoms with E-state index in [0.29, 0.717) is 13.0 Å². The third kappa shape index (κ3) is 2.94. The number of ether oxygens (including phenoxy) is 1. The molecule has 3 nitrogen and oxygen atoms in total. The molecular formula is C12H19NO2. The Morgan fingerprint density at radius 2 is 2.20 bits per heavy atom. The summed E-state index contributed by atoms with van der Waals surface area (Å²) in [5.41, 5.74) is 6.71. The highest BCUT2D eigenvalue weighted by atomic mass is 16.5. The first-order chi connectivity index (χ1) is 7.22. The minimum Gasteiger partial charge on any atom is -0.497 e. The largest absolute Gasteiger partial charge is 0.497 e. The molecule has 84 valence electrons. The lowest BCUT2D eigenvalue weighted by Gasteiger charge is -2.20. The van der Waals surface area contributed by atoms with Crippen LogP contribution in [0.15, 0.2) is 24.3 Å². The average Bonchev–Trinajstić information content (AvgIpc) is 2.30. The van der Waals surface area contributed by atoms with E-state index in [-0.39, 0.29) is 12.0 Å². The molecule has 0 amide bonds. The molecule has 0 saturated heterocycles. The summed E-state index contributed by atoms with van der Waals surface area (Å²) in [7, 11) is 1.63. The van der Waals surface area contributed by atoms with Crippen LogP contribution in [0, 0.1) is 0 Å². The SMILES string of the molecule is CCC(O)C(CN)c1cccc(OC)c1. The number of nitrogens with two attached hydrogens (primary N) is 1. The molecule has 0 aliphatic carbocycles. The quantitative estimate of drug-likeness (QED) is 0.772. The van der Waals surface area contributed by atoms with Gasteiger partial charge < -0.3 is 15.6 Å². The van der Waals surface area contributed by atoms with Crippen molar-refractivity contribution >= 4 is 0 Å². The van der Waals surface area contributed by atoms with Gasteiger partial charge in [0.15, 0.2) is 0 Å². The van der Waals surface area contributed by atoms with Crippen LogP contribution in [0.2, 0.25) is 0 Å². The van der Waals surface area contributed by atoms with Crippen molar-refractivity contribution in [1.29, 1.82) is 0 Å². The fraction of sp³-hybridized carbons (Fsp3) is 0.500. The molecule has 0 bridgehead atoms. The maximum absolute atomic E-state index is 9.81. The highest BCUT2D eigenvalue weighted by Crippen LogP contribution is 2.24. The maximum atomic E-state index is 9.81. The maximum Gasteiger partial charge on any atom is 0.119 e. The van der Waals surface area contributed by atoms with E-state index in [1.807, 2.05) is 31.2 Å². The van der Waals surface area contributed by atoms with E-state index < -0.39 is 0 Å². The summed E-state index contributed by atoms with van der Waals surface area (Å²) in [5, 5.41) is 9.81. The van der Waals surface area contributed by atoms with Gasteiger partial charge in [0.05, 0.1) is 13.2 Å². The number of benzene rings is 1. The van der Waals surface area contributed by atoms with E-state index in [1.54, 1.807) is 7.11 Å².